The maximum Gasteiger partial charge on any atom is 0.338 e. The van der Waals surface area contributed by atoms with Gasteiger partial charge in [0.25, 0.3) is 5.91 Å². The summed E-state index contributed by atoms with van der Waals surface area (Å²) < 4.78 is 32.5. The molecule has 0 aliphatic carbocycles. The number of benzene rings is 1. The fourth-order valence-electron chi connectivity index (χ4n) is 3.08. The number of nitrogens with zero attached hydrogens (tertiary/aromatic N) is 1. The van der Waals surface area contributed by atoms with Crippen molar-refractivity contribution in [1.29, 1.82) is 0 Å². The van der Waals surface area contributed by atoms with E-state index in [1.54, 1.807) is 20.8 Å². The monoisotopic (exact) mass is 453 g/mol. The molecule has 1 aliphatic heterocycles. The van der Waals surface area contributed by atoms with Gasteiger partial charge in [-0.2, -0.15) is 4.31 Å². The zero-order chi connectivity index (χ0) is 23.2. The number of carbonyl (C=O) groups is 3. The fraction of sp³-hybridized carbons (Fsp3) is 0.571. The van der Waals surface area contributed by atoms with Crippen LogP contribution in [0.5, 0.6) is 0 Å². The van der Waals surface area contributed by atoms with Crippen LogP contribution in [0.15, 0.2) is 29.2 Å². The van der Waals surface area contributed by atoms with Crippen molar-refractivity contribution in [3.63, 3.8) is 0 Å². The maximum atomic E-state index is 12.9. The van der Waals surface area contributed by atoms with E-state index in [1.165, 1.54) is 35.5 Å². The van der Waals surface area contributed by atoms with Crippen molar-refractivity contribution in [2.24, 2.45) is 0 Å². The van der Waals surface area contributed by atoms with Gasteiger partial charge in [-0.25, -0.2) is 18.0 Å². The molecular formula is C21H31N3O6S. The average molecular weight is 454 g/mol. The number of imide groups is 1. The van der Waals surface area contributed by atoms with Gasteiger partial charge in [0.2, 0.25) is 10.0 Å². The summed E-state index contributed by atoms with van der Waals surface area (Å²) in [4.78, 5) is 36.4. The Hall–Kier alpha value is -2.46. The maximum absolute atomic E-state index is 12.9. The number of carbonyl (C=O) groups excluding carboxylic acids is 3. The molecule has 0 aromatic heterocycles. The lowest BCUT2D eigenvalue weighted by Gasteiger charge is -2.21. The van der Waals surface area contributed by atoms with Gasteiger partial charge >= 0.3 is 12.0 Å². The summed E-state index contributed by atoms with van der Waals surface area (Å²) in [5, 5.41) is 4.68. The van der Waals surface area contributed by atoms with Crippen LogP contribution in [0.25, 0.3) is 0 Å². The zero-order valence-corrected chi connectivity index (χ0v) is 19.3. The molecule has 172 valence electrons. The number of amides is 3. The highest BCUT2D eigenvalue weighted by molar-refractivity contribution is 7.89. The Labute approximate surface area is 183 Å². The molecule has 2 rings (SSSR count). The topological polar surface area (TPSA) is 122 Å². The van der Waals surface area contributed by atoms with Crippen molar-refractivity contribution in [3.05, 3.63) is 29.8 Å². The minimum atomic E-state index is -3.73. The van der Waals surface area contributed by atoms with Crippen molar-refractivity contribution in [2.45, 2.75) is 69.9 Å². The van der Waals surface area contributed by atoms with E-state index in [9.17, 15) is 22.8 Å². The third-order valence-electron chi connectivity index (χ3n) is 4.65. The third kappa shape index (κ3) is 7.32. The Bertz CT molecular complexity index is 915. The summed E-state index contributed by atoms with van der Waals surface area (Å²) in [6, 6.07) is 4.86. The van der Waals surface area contributed by atoms with E-state index in [2.05, 4.69) is 10.6 Å². The summed E-state index contributed by atoms with van der Waals surface area (Å²) in [6.07, 6.45) is 2.34. The molecule has 2 N–H and O–H groups in total. The minimum absolute atomic E-state index is 0.00510. The van der Waals surface area contributed by atoms with Crippen molar-refractivity contribution in [1.82, 2.24) is 14.9 Å². The molecule has 0 saturated carbocycles. The van der Waals surface area contributed by atoms with Gasteiger partial charge in [0.15, 0.2) is 6.10 Å². The standard InChI is InChI=1S/C21H31N3O6S/c1-15(18(25)22-20(27)23-21(2,3)4)30-19(26)16-10-9-11-17(14-16)31(28,29)24-12-7-5-6-8-13-24/h9-11,14-15H,5-8,12-13H2,1-4H3,(H2,22,23,25,27)/t15-/m1/s1. The third-order valence-corrected chi connectivity index (χ3v) is 6.55. The molecule has 1 fully saturated rings. The number of hydrogen-bond acceptors (Lipinski definition) is 6. The van der Waals surface area contributed by atoms with Crippen molar-refractivity contribution >= 4 is 27.9 Å². The van der Waals surface area contributed by atoms with Crippen molar-refractivity contribution in [2.75, 3.05) is 13.1 Å². The van der Waals surface area contributed by atoms with Crippen molar-refractivity contribution < 1.29 is 27.5 Å². The van der Waals surface area contributed by atoms with Crippen LogP contribution < -0.4 is 10.6 Å². The summed E-state index contributed by atoms with van der Waals surface area (Å²) in [7, 11) is -3.73. The normalized spacial score (nSPS) is 16.6. The number of nitrogens with one attached hydrogen (secondary N) is 2. The van der Waals surface area contributed by atoms with Gasteiger partial charge < -0.3 is 10.1 Å². The molecule has 3 amide bonds. The molecule has 1 aromatic rings. The van der Waals surface area contributed by atoms with Crippen LogP contribution in [0.1, 0.15) is 63.7 Å². The summed E-state index contributed by atoms with van der Waals surface area (Å²) in [6.45, 7) is 7.50. The summed E-state index contributed by atoms with van der Waals surface area (Å²) in [5.41, 5.74) is -0.529. The largest absolute Gasteiger partial charge is 0.449 e. The molecule has 31 heavy (non-hydrogen) atoms. The highest BCUT2D eigenvalue weighted by Gasteiger charge is 2.27. The highest BCUT2D eigenvalue weighted by Crippen LogP contribution is 2.21. The van der Waals surface area contributed by atoms with Crippen LogP contribution in [0, 0.1) is 0 Å². The number of ether oxygens (including phenoxy) is 1. The zero-order valence-electron chi connectivity index (χ0n) is 18.4. The molecule has 0 bridgehead atoms. The van der Waals surface area contributed by atoms with Gasteiger partial charge in [0.05, 0.1) is 10.5 Å². The van der Waals surface area contributed by atoms with Crippen LogP contribution in [-0.2, 0) is 19.6 Å². The lowest BCUT2D eigenvalue weighted by Crippen LogP contribution is -2.50. The van der Waals surface area contributed by atoms with Crippen LogP contribution in [0.3, 0.4) is 0 Å². The van der Waals surface area contributed by atoms with Crippen LogP contribution in [-0.4, -0.2) is 55.4 Å². The smallest absolute Gasteiger partial charge is 0.338 e. The van der Waals surface area contributed by atoms with E-state index >= 15 is 0 Å². The lowest BCUT2D eigenvalue weighted by molar-refractivity contribution is -0.127. The molecule has 1 aliphatic rings. The second kappa shape index (κ2) is 10.2. The fourth-order valence-corrected chi connectivity index (χ4v) is 4.65. The summed E-state index contributed by atoms with van der Waals surface area (Å²) >= 11 is 0. The van der Waals surface area contributed by atoms with Crippen molar-refractivity contribution in [3.8, 4) is 0 Å². The molecule has 0 unspecified atom stereocenters. The number of esters is 1. The first-order chi connectivity index (χ1) is 14.4. The van der Waals surface area contributed by atoms with E-state index in [1.807, 2.05) is 0 Å². The molecule has 1 aromatic carbocycles. The Morgan fingerprint density at radius 2 is 1.68 bits per heavy atom. The number of rotatable bonds is 5. The average Bonchev–Trinajstić information content (AvgIpc) is 2.96. The van der Waals surface area contributed by atoms with Gasteiger partial charge in [-0.05, 0) is 58.7 Å². The predicted octanol–water partition coefficient (Wildman–Crippen LogP) is 2.42. The highest BCUT2D eigenvalue weighted by atomic mass is 32.2. The van der Waals surface area contributed by atoms with E-state index in [-0.39, 0.29) is 10.5 Å². The van der Waals surface area contributed by atoms with E-state index in [4.69, 9.17) is 4.74 Å². The van der Waals surface area contributed by atoms with Gasteiger partial charge in [0.1, 0.15) is 0 Å². The predicted molar refractivity (Wildman–Crippen MR) is 115 cm³/mol. The molecule has 1 heterocycles. The molecule has 0 radical (unpaired) electrons. The first-order valence-corrected chi connectivity index (χ1v) is 11.8. The van der Waals surface area contributed by atoms with Crippen LogP contribution in [0.4, 0.5) is 4.79 Å². The number of sulfonamides is 1. The van der Waals surface area contributed by atoms with E-state index in [0.717, 1.165) is 25.7 Å². The van der Waals surface area contributed by atoms with Crippen LogP contribution >= 0.6 is 0 Å². The quantitative estimate of drug-likeness (QED) is 0.660. The van der Waals surface area contributed by atoms with Gasteiger partial charge in [0, 0.05) is 18.6 Å². The van der Waals surface area contributed by atoms with Crippen LogP contribution in [0.2, 0.25) is 0 Å². The Balaban J connectivity index is 2.05. The molecule has 1 atom stereocenters. The number of hydrogen-bond donors (Lipinski definition) is 2. The van der Waals surface area contributed by atoms with E-state index < -0.39 is 39.6 Å². The summed E-state index contributed by atoms with van der Waals surface area (Å²) in [5.74, 6) is -1.64. The van der Waals surface area contributed by atoms with Gasteiger partial charge in [-0.1, -0.05) is 18.9 Å². The first-order valence-electron chi connectivity index (χ1n) is 10.3. The van der Waals surface area contributed by atoms with E-state index in [0.29, 0.717) is 13.1 Å². The number of urea groups is 1. The Morgan fingerprint density at radius 1 is 1.06 bits per heavy atom. The lowest BCUT2D eigenvalue weighted by atomic mass is 10.1. The molecule has 9 nitrogen and oxygen atoms in total. The van der Waals surface area contributed by atoms with Gasteiger partial charge in [-0.3, -0.25) is 10.1 Å². The second-order valence-electron chi connectivity index (χ2n) is 8.59. The minimum Gasteiger partial charge on any atom is -0.449 e. The molecule has 1 saturated heterocycles. The Morgan fingerprint density at radius 3 is 2.26 bits per heavy atom. The SMILES string of the molecule is C[C@@H](OC(=O)c1cccc(S(=O)(=O)N2CCCCCC2)c1)C(=O)NC(=O)NC(C)(C)C. The molecule has 10 heteroatoms. The second-order valence-corrected chi connectivity index (χ2v) is 10.5. The molecule has 0 spiro atoms. The first kappa shape index (κ1) is 24.8. The van der Waals surface area contributed by atoms with Gasteiger partial charge in [-0.15, -0.1) is 0 Å². The molecular weight excluding hydrogens is 422 g/mol. The Kier molecular flexibility index (Phi) is 8.19.